The SMILES string of the molecule is N#Cc1ccccc1-c1cc(-n2c3ccccc3c3ccc(-c4ccccc4)cc32)ccc1-c1nc(-c2ccccc2)nc(-c2ccccc2)n1. The first-order valence-electron chi connectivity index (χ1n) is 16.8. The maximum atomic E-state index is 10.3. The third-order valence-corrected chi connectivity index (χ3v) is 9.32. The van der Waals surface area contributed by atoms with Crippen molar-refractivity contribution in [3.63, 3.8) is 0 Å². The van der Waals surface area contributed by atoms with Gasteiger partial charge in [0, 0.05) is 38.7 Å². The van der Waals surface area contributed by atoms with Crippen LogP contribution in [0.25, 0.3) is 83.9 Å². The van der Waals surface area contributed by atoms with Gasteiger partial charge in [0.05, 0.1) is 22.7 Å². The Kier molecular flexibility index (Phi) is 7.46. The predicted octanol–water partition coefficient (Wildman–Crippen LogP) is 11.2. The second kappa shape index (κ2) is 12.7. The molecule has 0 saturated carbocycles. The van der Waals surface area contributed by atoms with Crippen LogP contribution in [0, 0.1) is 11.3 Å². The number of para-hydroxylation sites is 1. The summed E-state index contributed by atoms with van der Waals surface area (Å²) in [6.45, 7) is 0. The zero-order valence-corrected chi connectivity index (χ0v) is 27.5. The van der Waals surface area contributed by atoms with Crippen molar-refractivity contribution in [2.45, 2.75) is 0 Å². The molecule has 0 unspecified atom stereocenters. The van der Waals surface area contributed by atoms with Crippen molar-refractivity contribution < 1.29 is 0 Å². The zero-order chi connectivity index (χ0) is 34.1. The molecule has 5 nitrogen and oxygen atoms in total. The maximum Gasteiger partial charge on any atom is 0.164 e. The predicted molar refractivity (Wildman–Crippen MR) is 206 cm³/mol. The Hall–Kier alpha value is -7.16. The lowest BCUT2D eigenvalue weighted by molar-refractivity contribution is 1.07. The van der Waals surface area contributed by atoms with Gasteiger partial charge in [-0.05, 0) is 53.1 Å². The molecule has 2 aromatic heterocycles. The molecular formula is C46H29N5. The quantitative estimate of drug-likeness (QED) is 0.179. The first kappa shape index (κ1) is 29.9. The molecule has 0 amide bonds. The molecule has 0 atom stereocenters. The largest absolute Gasteiger partial charge is 0.309 e. The number of hydrogen-bond acceptors (Lipinski definition) is 4. The molecule has 0 bridgehead atoms. The van der Waals surface area contributed by atoms with Crippen molar-refractivity contribution in [3.8, 4) is 68.2 Å². The van der Waals surface area contributed by atoms with E-state index in [9.17, 15) is 5.26 Å². The maximum absolute atomic E-state index is 10.3. The lowest BCUT2D eigenvalue weighted by Gasteiger charge is -2.16. The van der Waals surface area contributed by atoms with Gasteiger partial charge in [0.1, 0.15) is 0 Å². The second-order valence-electron chi connectivity index (χ2n) is 12.4. The first-order chi connectivity index (χ1) is 25.2. The molecule has 0 fully saturated rings. The highest BCUT2D eigenvalue weighted by Crippen LogP contribution is 2.39. The molecule has 0 radical (unpaired) electrons. The minimum absolute atomic E-state index is 0.533. The van der Waals surface area contributed by atoms with Crippen LogP contribution in [0.5, 0.6) is 0 Å². The van der Waals surface area contributed by atoms with Gasteiger partial charge in [0.2, 0.25) is 0 Å². The Labute approximate surface area is 295 Å². The van der Waals surface area contributed by atoms with Crippen LogP contribution in [0.1, 0.15) is 5.56 Å². The van der Waals surface area contributed by atoms with E-state index in [1.54, 1.807) is 0 Å². The molecule has 238 valence electrons. The van der Waals surface area contributed by atoms with Gasteiger partial charge < -0.3 is 4.57 Å². The number of rotatable bonds is 6. The standard InChI is InChI=1S/C46H29N5/c47-30-35-20-10-11-21-37(35)41-29-36(51-42-23-13-12-22-38(42)39-26-24-34(28-43(39)51)31-14-4-1-5-15-31)25-27-40(41)46-49-44(32-16-6-2-7-17-32)48-45(50-46)33-18-8-3-9-19-33/h1-29H. The topological polar surface area (TPSA) is 67.4 Å². The molecule has 0 aliphatic rings. The molecule has 5 heteroatoms. The molecule has 7 aromatic carbocycles. The number of hydrogen-bond donors (Lipinski definition) is 0. The third kappa shape index (κ3) is 5.42. The molecule has 0 aliphatic heterocycles. The highest BCUT2D eigenvalue weighted by Gasteiger charge is 2.20. The first-order valence-corrected chi connectivity index (χ1v) is 16.8. The van der Waals surface area contributed by atoms with Crippen LogP contribution in [0.3, 0.4) is 0 Å². The summed E-state index contributed by atoms with van der Waals surface area (Å²) in [5, 5.41) is 12.7. The van der Waals surface area contributed by atoms with Gasteiger partial charge >= 0.3 is 0 Å². The van der Waals surface area contributed by atoms with Gasteiger partial charge in [-0.1, -0.05) is 140 Å². The average molecular weight is 652 g/mol. The number of nitriles is 1. The van der Waals surface area contributed by atoms with Crippen molar-refractivity contribution in [3.05, 3.63) is 181 Å². The summed E-state index contributed by atoms with van der Waals surface area (Å²) in [4.78, 5) is 15.0. The Morgan fingerprint density at radius 3 is 1.65 bits per heavy atom. The van der Waals surface area contributed by atoms with Gasteiger partial charge in [0.25, 0.3) is 0 Å². The molecule has 2 heterocycles. The van der Waals surface area contributed by atoms with Crippen LogP contribution >= 0.6 is 0 Å². The van der Waals surface area contributed by atoms with Crippen molar-refractivity contribution >= 4 is 21.8 Å². The van der Waals surface area contributed by atoms with Crippen molar-refractivity contribution in [1.29, 1.82) is 5.26 Å². The fourth-order valence-electron chi connectivity index (χ4n) is 6.89. The Morgan fingerprint density at radius 1 is 0.392 bits per heavy atom. The van der Waals surface area contributed by atoms with Crippen LogP contribution in [0.4, 0.5) is 0 Å². The molecule has 0 aliphatic carbocycles. The number of benzene rings is 7. The monoisotopic (exact) mass is 651 g/mol. The fourth-order valence-corrected chi connectivity index (χ4v) is 6.89. The number of fused-ring (bicyclic) bond motifs is 3. The summed E-state index contributed by atoms with van der Waals surface area (Å²) < 4.78 is 2.32. The molecule has 0 spiro atoms. The van der Waals surface area contributed by atoms with E-state index in [2.05, 4.69) is 95.6 Å². The molecule has 0 N–H and O–H groups in total. The van der Waals surface area contributed by atoms with E-state index in [0.717, 1.165) is 55.7 Å². The van der Waals surface area contributed by atoms with Crippen molar-refractivity contribution in [1.82, 2.24) is 19.5 Å². The molecule has 9 rings (SSSR count). The zero-order valence-electron chi connectivity index (χ0n) is 27.5. The molecule has 0 saturated heterocycles. The van der Waals surface area contributed by atoms with Crippen LogP contribution in [0.2, 0.25) is 0 Å². The lowest BCUT2D eigenvalue weighted by Crippen LogP contribution is -2.02. The van der Waals surface area contributed by atoms with Gasteiger partial charge in [0.15, 0.2) is 17.5 Å². The summed E-state index contributed by atoms with van der Waals surface area (Å²) in [6.07, 6.45) is 0. The molecular weight excluding hydrogens is 623 g/mol. The molecule has 9 aromatic rings. The summed E-state index contributed by atoms with van der Waals surface area (Å²) in [5.74, 6) is 1.70. The normalized spacial score (nSPS) is 11.1. The van der Waals surface area contributed by atoms with Crippen LogP contribution in [-0.2, 0) is 0 Å². The Bertz CT molecular complexity index is 2690. The minimum atomic E-state index is 0.533. The van der Waals surface area contributed by atoms with E-state index in [-0.39, 0.29) is 0 Å². The smallest absolute Gasteiger partial charge is 0.164 e. The summed E-state index contributed by atoms with van der Waals surface area (Å²) in [5.41, 5.74) is 10.3. The Morgan fingerprint density at radius 2 is 0.961 bits per heavy atom. The number of nitrogens with zero attached hydrogens (tertiary/aromatic N) is 5. The molecule has 51 heavy (non-hydrogen) atoms. The average Bonchev–Trinajstić information content (AvgIpc) is 3.55. The fraction of sp³-hybridized carbons (Fsp3) is 0. The Balaban J connectivity index is 1.32. The summed E-state index contributed by atoms with van der Waals surface area (Å²) in [6, 6.07) is 62.1. The van der Waals surface area contributed by atoms with E-state index in [1.165, 1.54) is 10.8 Å². The van der Waals surface area contributed by atoms with E-state index >= 15 is 0 Å². The van der Waals surface area contributed by atoms with E-state index in [0.29, 0.717) is 23.0 Å². The second-order valence-corrected chi connectivity index (χ2v) is 12.4. The van der Waals surface area contributed by atoms with Crippen LogP contribution in [-0.4, -0.2) is 19.5 Å². The third-order valence-electron chi connectivity index (χ3n) is 9.32. The van der Waals surface area contributed by atoms with Crippen molar-refractivity contribution in [2.24, 2.45) is 0 Å². The van der Waals surface area contributed by atoms with Gasteiger partial charge in [-0.3, -0.25) is 0 Å². The van der Waals surface area contributed by atoms with Gasteiger partial charge in [-0.2, -0.15) is 5.26 Å². The van der Waals surface area contributed by atoms with E-state index in [1.807, 2.05) is 91.0 Å². The van der Waals surface area contributed by atoms with Gasteiger partial charge in [-0.15, -0.1) is 0 Å². The highest BCUT2D eigenvalue weighted by atomic mass is 15.0. The minimum Gasteiger partial charge on any atom is -0.309 e. The highest BCUT2D eigenvalue weighted by molar-refractivity contribution is 6.10. The van der Waals surface area contributed by atoms with E-state index < -0.39 is 0 Å². The van der Waals surface area contributed by atoms with Gasteiger partial charge in [-0.25, -0.2) is 15.0 Å². The number of aromatic nitrogens is 4. The lowest BCUT2D eigenvalue weighted by atomic mass is 9.94. The van der Waals surface area contributed by atoms with Crippen molar-refractivity contribution in [2.75, 3.05) is 0 Å². The summed E-state index contributed by atoms with van der Waals surface area (Å²) in [7, 11) is 0. The van der Waals surface area contributed by atoms with E-state index in [4.69, 9.17) is 15.0 Å². The van der Waals surface area contributed by atoms with Crippen LogP contribution < -0.4 is 0 Å². The van der Waals surface area contributed by atoms with Crippen LogP contribution in [0.15, 0.2) is 176 Å². The summed E-state index contributed by atoms with van der Waals surface area (Å²) >= 11 is 0.